The van der Waals surface area contributed by atoms with Crippen LogP contribution in [-0.2, 0) is 25.2 Å². The highest BCUT2D eigenvalue weighted by Gasteiger charge is 2.50. The Morgan fingerprint density at radius 2 is 1.52 bits per heavy atom. The van der Waals surface area contributed by atoms with Gasteiger partial charge in [-0.2, -0.15) is 0 Å². The Balaban J connectivity index is 1.23. The molecule has 1 aliphatic heterocycles. The number of hydrogen-bond donors (Lipinski definition) is 0. The summed E-state index contributed by atoms with van der Waals surface area (Å²) in [6, 6.07) is 23.6. The summed E-state index contributed by atoms with van der Waals surface area (Å²) >= 11 is 0. The molecule has 0 spiro atoms. The second kappa shape index (κ2) is 13.5. The molecule has 1 atom stereocenters. The maximum absolute atomic E-state index is 7.12. The summed E-state index contributed by atoms with van der Waals surface area (Å²) in [6.45, 7) is 10.8. The molecule has 3 aromatic rings. The van der Waals surface area contributed by atoms with Gasteiger partial charge in [-0.25, -0.2) is 9.97 Å². The fraction of sp³-hybridized carbons (Fsp3) is 0.515. The van der Waals surface area contributed by atoms with Crippen molar-refractivity contribution in [1.29, 1.82) is 0 Å². The van der Waals surface area contributed by atoms with Crippen LogP contribution in [0.1, 0.15) is 63.9 Å². The zero-order chi connectivity index (χ0) is 27.8. The highest BCUT2D eigenvalue weighted by atomic mass is 28.4. The van der Waals surface area contributed by atoms with E-state index in [1.54, 1.807) is 0 Å². The van der Waals surface area contributed by atoms with Gasteiger partial charge in [0.2, 0.25) is 0 Å². The first-order valence-electron chi connectivity index (χ1n) is 14.8. The Hall–Kier alpha value is -2.42. The Morgan fingerprint density at radius 1 is 0.850 bits per heavy atom. The summed E-state index contributed by atoms with van der Waals surface area (Å²) < 4.78 is 24.3. The molecule has 1 aliphatic carbocycles. The minimum Gasteiger partial charge on any atom is -0.401 e. The van der Waals surface area contributed by atoms with Crippen molar-refractivity contribution in [1.82, 2.24) is 9.97 Å². The first-order valence-corrected chi connectivity index (χ1v) is 16.7. The summed E-state index contributed by atoms with van der Waals surface area (Å²) in [6.07, 6.45) is 6.45. The third-order valence-electron chi connectivity index (χ3n) is 8.34. The number of aromatic nitrogens is 2. The van der Waals surface area contributed by atoms with Crippen LogP contribution in [0.5, 0.6) is 0 Å². The van der Waals surface area contributed by atoms with Crippen LogP contribution in [0.25, 0.3) is 0 Å². The lowest BCUT2D eigenvalue weighted by Crippen LogP contribution is -2.66. The predicted molar refractivity (Wildman–Crippen MR) is 161 cm³/mol. The van der Waals surface area contributed by atoms with Crippen molar-refractivity contribution in [2.24, 2.45) is 5.92 Å². The smallest absolute Gasteiger partial charge is 0.261 e. The third kappa shape index (κ3) is 6.89. The molecule has 2 aliphatic rings. The second-order valence-electron chi connectivity index (χ2n) is 12.2. The summed E-state index contributed by atoms with van der Waals surface area (Å²) in [5.74, 6) is 1.93. The van der Waals surface area contributed by atoms with E-state index in [0.717, 1.165) is 43.8 Å². The minimum atomic E-state index is -2.61. The average Bonchev–Trinajstić information content (AvgIpc) is 2.99. The summed E-state index contributed by atoms with van der Waals surface area (Å²) in [5.41, 5.74) is 0.957. The van der Waals surface area contributed by atoms with Crippen molar-refractivity contribution in [2.45, 2.75) is 70.1 Å². The first kappa shape index (κ1) is 29.1. The number of rotatable bonds is 10. The standard InChI is InChI=1S/C33H44N2O4Si/c1-33(2,3)40(30-10-6-4-7-11-30,31-12-8-5-9-13-31)39-23-28-18-19-34-32(35-28)27-16-14-26(15-17-27)22-37-25-29-24-36-20-21-38-29/h4-13,18-19,26-27,29H,14-17,20-25H2,1-3H3/t26?,27?,29-/m0/s1. The Kier molecular flexibility index (Phi) is 9.81. The highest BCUT2D eigenvalue weighted by Crippen LogP contribution is 2.38. The van der Waals surface area contributed by atoms with Crippen LogP contribution < -0.4 is 10.4 Å². The van der Waals surface area contributed by atoms with E-state index in [-0.39, 0.29) is 11.1 Å². The van der Waals surface area contributed by atoms with Crippen molar-refractivity contribution >= 4 is 18.7 Å². The lowest BCUT2D eigenvalue weighted by molar-refractivity contribution is -0.118. The fourth-order valence-corrected chi connectivity index (χ4v) is 10.7. The van der Waals surface area contributed by atoms with Gasteiger partial charge in [0, 0.05) is 18.7 Å². The predicted octanol–water partition coefficient (Wildman–Crippen LogP) is 5.26. The molecule has 0 unspecified atom stereocenters. The van der Waals surface area contributed by atoms with E-state index in [0.29, 0.717) is 44.9 Å². The van der Waals surface area contributed by atoms with Crippen LogP contribution in [0.4, 0.5) is 0 Å². The average molecular weight is 561 g/mol. The zero-order valence-corrected chi connectivity index (χ0v) is 25.3. The van der Waals surface area contributed by atoms with Gasteiger partial charge < -0.3 is 18.6 Å². The van der Waals surface area contributed by atoms with E-state index in [4.69, 9.17) is 28.6 Å². The molecule has 1 saturated carbocycles. The topological polar surface area (TPSA) is 62.7 Å². The van der Waals surface area contributed by atoms with Gasteiger partial charge in [0.1, 0.15) is 11.9 Å². The number of benzene rings is 2. The van der Waals surface area contributed by atoms with Crippen molar-refractivity contribution in [3.63, 3.8) is 0 Å². The SMILES string of the molecule is CC(C)(C)[Si](OCc1ccnc(C2CCC(COC[C@@H]3COCCO3)CC2)n1)(c1ccccc1)c1ccccc1. The van der Waals surface area contributed by atoms with E-state index in [1.807, 2.05) is 12.3 Å². The Labute approximate surface area is 240 Å². The molecule has 2 fully saturated rings. The van der Waals surface area contributed by atoms with Crippen molar-refractivity contribution in [3.05, 3.63) is 84.4 Å². The highest BCUT2D eigenvalue weighted by molar-refractivity contribution is 6.99. The van der Waals surface area contributed by atoms with Gasteiger partial charge in [0.05, 0.1) is 38.7 Å². The molecule has 2 heterocycles. The lowest BCUT2D eigenvalue weighted by atomic mass is 9.82. The molecule has 2 aromatic carbocycles. The number of nitrogens with zero attached hydrogens (tertiary/aromatic N) is 2. The lowest BCUT2D eigenvalue weighted by Gasteiger charge is -2.43. The van der Waals surface area contributed by atoms with Crippen molar-refractivity contribution in [2.75, 3.05) is 33.0 Å². The van der Waals surface area contributed by atoms with Crippen LogP contribution in [0, 0.1) is 5.92 Å². The molecule has 6 nitrogen and oxygen atoms in total. The largest absolute Gasteiger partial charge is 0.401 e. The third-order valence-corrected chi connectivity index (χ3v) is 13.3. The molecule has 5 rings (SSSR count). The van der Waals surface area contributed by atoms with Crippen LogP contribution in [0.3, 0.4) is 0 Å². The van der Waals surface area contributed by atoms with Gasteiger partial charge in [-0.3, -0.25) is 0 Å². The molecular formula is C33H44N2O4Si. The molecule has 1 saturated heterocycles. The molecule has 0 amide bonds. The molecule has 0 N–H and O–H groups in total. The van der Waals surface area contributed by atoms with E-state index in [1.165, 1.54) is 10.4 Å². The van der Waals surface area contributed by atoms with Gasteiger partial charge in [-0.05, 0) is 53.1 Å². The summed E-state index contributed by atoms with van der Waals surface area (Å²) in [5, 5.41) is 2.50. The van der Waals surface area contributed by atoms with Crippen molar-refractivity contribution < 1.29 is 18.6 Å². The van der Waals surface area contributed by atoms with Gasteiger partial charge in [0.25, 0.3) is 8.32 Å². The van der Waals surface area contributed by atoms with Crippen LogP contribution in [-0.4, -0.2) is 57.4 Å². The van der Waals surface area contributed by atoms with Gasteiger partial charge >= 0.3 is 0 Å². The molecular weight excluding hydrogens is 516 g/mol. The van der Waals surface area contributed by atoms with Crippen LogP contribution >= 0.6 is 0 Å². The van der Waals surface area contributed by atoms with E-state index < -0.39 is 8.32 Å². The van der Waals surface area contributed by atoms with Crippen LogP contribution in [0.2, 0.25) is 5.04 Å². The normalized spacial score (nSPS) is 22.2. The van der Waals surface area contributed by atoms with Crippen molar-refractivity contribution in [3.8, 4) is 0 Å². The zero-order valence-electron chi connectivity index (χ0n) is 24.3. The van der Waals surface area contributed by atoms with Gasteiger partial charge in [0.15, 0.2) is 0 Å². The summed E-state index contributed by atoms with van der Waals surface area (Å²) in [4.78, 5) is 9.75. The van der Waals surface area contributed by atoms with Gasteiger partial charge in [-0.15, -0.1) is 0 Å². The Morgan fingerprint density at radius 3 is 2.12 bits per heavy atom. The minimum absolute atomic E-state index is 0.0673. The molecule has 1 aromatic heterocycles. The molecule has 0 radical (unpaired) electrons. The molecule has 214 valence electrons. The number of hydrogen-bond acceptors (Lipinski definition) is 6. The molecule has 0 bridgehead atoms. The van der Waals surface area contributed by atoms with E-state index in [9.17, 15) is 0 Å². The maximum atomic E-state index is 7.12. The first-order chi connectivity index (χ1) is 19.5. The fourth-order valence-electron chi connectivity index (χ4n) is 6.22. The monoisotopic (exact) mass is 560 g/mol. The Bertz CT molecular complexity index is 1130. The van der Waals surface area contributed by atoms with E-state index in [2.05, 4.69) is 81.4 Å². The maximum Gasteiger partial charge on any atom is 0.261 e. The molecule has 7 heteroatoms. The molecule has 40 heavy (non-hydrogen) atoms. The van der Waals surface area contributed by atoms with E-state index >= 15 is 0 Å². The number of ether oxygens (including phenoxy) is 3. The summed E-state index contributed by atoms with van der Waals surface area (Å²) in [7, 11) is -2.61. The second-order valence-corrected chi connectivity index (χ2v) is 16.5. The van der Waals surface area contributed by atoms with Gasteiger partial charge in [-0.1, -0.05) is 81.4 Å². The van der Waals surface area contributed by atoms with Crippen LogP contribution in [0.15, 0.2) is 72.9 Å². The quantitative estimate of drug-likeness (QED) is 0.315.